The molecule has 0 aromatic carbocycles. The van der Waals surface area contributed by atoms with Crippen molar-refractivity contribution in [2.45, 2.75) is 51.1 Å². The molecule has 1 unspecified atom stereocenters. The molecule has 2 N–H and O–H groups in total. The van der Waals surface area contributed by atoms with E-state index in [0.29, 0.717) is 6.04 Å². The third-order valence-electron chi connectivity index (χ3n) is 4.04. The quantitative estimate of drug-likeness (QED) is 0.785. The van der Waals surface area contributed by atoms with Gasteiger partial charge < -0.3 is 5.73 Å². The molecule has 0 amide bonds. The molecule has 1 aliphatic heterocycles. The van der Waals surface area contributed by atoms with E-state index in [1.807, 2.05) is 0 Å². The maximum absolute atomic E-state index is 5.85. The first kappa shape index (κ1) is 12.3. The van der Waals surface area contributed by atoms with Crippen LogP contribution in [0.5, 0.6) is 0 Å². The van der Waals surface area contributed by atoms with Crippen LogP contribution in [0.3, 0.4) is 0 Å². The molecule has 2 rings (SSSR count). The largest absolute Gasteiger partial charge is 0.327 e. The van der Waals surface area contributed by atoms with Gasteiger partial charge in [0, 0.05) is 44.8 Å². The zero-order valence-electron chi connectivity index (χ0n) is 10.7. The Balaban J connectivity index is 1.71. The van der Waals surface area contributed by atoms with E-state index < -0.39 is 0 Å². The van der Waals surface area contributed by atoms with E-state index in [4.69, 9.17) is 5.73 Å². The lowest BCUT2D eigenvalue weighted by molar-refractivity contribution is 0.0769. The van der Waals surface area contributed by atoms with Gasteiger partial charge in [-0.2, -0.15) is 0 Å². The highest BCUT2D eigenvalue weighted by atomic mass is 15.3. The fraction of sp³-hybridized carbons (Fsp3) is 1.00. The summed E-state index contributed by atoms with van der Waals surface area (Å²) in [6, 6.07) is 1.22. The lowest BCUT2D eigenvalue weighted by Gasteiger charge is -2.41. The Morgan fingerprint density at radius 1 is 1.06 bits per heavy atom. The minimum absolute atomic E-state index is 0.321. The first-order chi connectivity index (χ1) is 7.75. The number of nitrogens with zero attached hydrogens (tertiary/aromatic N) is 2. The number of nitrogens with two attached hydrogens (primary N) is 1. The molecule has 1 saturated carbocycles. The summed E-state index contributed by atoms with van der Waals surface area (Å²) in [6.07, 6.45) is 7.23. The van der Waals surface area contributed by atoms with Crippen molar-refractivity contribution in [3.63, 3.8) is 0 Å². The summed E-state index contributed by atoms with van der Waals surface area (Å²) in [4.78, 5) is 5.24. The molecule has 94 valence electrons. The van der Waals surface area contributed by atoms with Gasteiger partial charge in [-0.3, -0.25) is 9.80 Å². The number of hydrogen-bond acceptors (Lipinski definition) is 3. The average Bonchev–Trinajstić information content (AvgIpc) is 2.30. The molecular weight excluding hydrogens is 198 g/mol. The number of piperazine rings is 1. The van der Waals surface area contributed by atoms with Crippen LogP contribution in [0, 0.1) is 0 Å². The van der Waals surface area contributed by atoms with E-state index >= 15 is 0 Å². The van der Waals surface area contributed by atoms with Gasteiger partial charge in [-0.25, -0.2) is 0 Å². The molecule has 2 aliphatic rings. The van der Waals surface area contributed by atoms with Gasteiger partial charge in [0.15, 0.2) is 0 Å². The lowest BCUT2D eigenvalue weighted by Crippen LogP contribution is -2.52. The molecule has 3 nitrogen and oxygen atoms in total. The van der Waals surface area contributed by atoms with Crippen LogP contribution in [0.25, 0.3) is 0 Å². The van der Waals surface area contributed by atoms with E-state index in [2.05, 4.69) is 16.7 Å². The first-order valence-electron chi connectivity index (χ1n) is 6.97. The van der Waals surface area contributed by atoms with Gasteiger partial charge in [0.1, 0.15) is 0 Å². The summed E-state index contributed by atoms with van der Waals surface area (Å²) in [7, 11) is 0. The van der Waals surface area contributed by atoms with Gasteiger partial charge in [-0.15, -0.1) is 0 Å². The Kier molecular flexibility index (Phi) is 4.62. The highest BCUT2D eigenvalue weighted by molar-refractivity contribution is 4.81. The third-order valence-corrected chi connectivity index (χ3v) is 4.04. The monoisotopic (exact) mass is 225 g/mol. The summed E-state index contributed by atoms with van der Waals surface area (Å²) >= 11 is 0. The lowest BCUT2D eigenvalue weighted by atomic mass is 9.94. The Morgan fingerprint density at radius 2 is 1.69 bits per heavy atom. The summed E-state index contributed by atoms with van der Waals surface area (Å²) in [5.74, 6) is 0. The van der Waals surface area contributed by atoms with Crippen LogP contribution < -0.4 is 5.73 Å². The Morgan fingerprint density at radius 3 is 2.25 bits per heavy atom. The maximum Gasteiger partial charge on any atom is 0.0139 e. The van der Waals surface area contributed by atoms with Crippen molar-refractivity contribution >= 4 is 0 Å². The van der Waals surface area contributed by atoms with E-state index in [9.17, 15) is 0 Å². The third kappa shape index (κ3) is 3.44. The van der Waals surface area contributed by atoms with E-state index in [-0.39, 0.29) is 0 Å². The van der Waals surface area contributed by atoms with Crippen LogP contribution >= 0.6 is 0 Å². The predicted octanol–water partition coefficient (Wildman–Crippen LogP) is 1.28. The highest BCUT2D eigenvalue weighted by Gasteiger charge is 2.24. The van der Waals surface area contributed by atoms with Gasteiger partial charge in [-0.1, -0.05) is 19.3 Å². The second-order valence-corrected chi connectivity index (χ2v) is 5.61. The summed E-state index contributed by atoms with van der Waals surface area (Å²) in [6.45, 7) is 8.14. The summed E-state index contributed by atoms with van der Waals surface area (Å²) in [5.41, 5.74) is 5.85. The first-order valence-corrected chi connectivity index (χ1v) is 6.97. The van der Waals surface area contributed by atoms with Crippen molar-refractivity contribution in [3.05, 3.63) is 0 Å². The Bertz CT molecular complexity index is 191. The molecule has 1 aliphatic carbocycles. The summed E-state index contributed by atoms with van der Waals surface area (Å²) in [5, 5.41) is 0. The fourth-order valence-corrected chi connectivity index (χ4v) is 3.16. The molecule has 1 saturated heterocycles. The summed E-state index contributed by atoms with van der Waals surface area (Å²) < 4.78 is 0. The van der Waals surface area contributed by atoms with E-state index in [0.717, 1.165) is 12.6 Å². The van der Waals surface area contributed by atoms with Gasteiger partial charge >= 0.3 is 0 Å². The standard InChI is InChI=1S/C13H27N3/c1-12(14)11-15-7-9-16(10-8-15)13-5-3-2-4-6-13/h12-13H,2-11,14H2,1H3. The molecule has 0 bridgehead atoms. The molecule has 0 spiro atoms. The van der Waals surface area contributed by atoms with E-state index in [1.165, 1.54) is 58.3 Å². The molecule has 16 heavy (non-hydrogen) atoms. The van der Waals surface area contributed by atoms with Crippen LogP contribution in [0.1, 0.15) is 39.0 Å². The van der Waals surface area contributed by atoms with Crippen molar-refractivity contribution in [2.75, 3.05) is 32.7 Å². The molecule has 3 heteroatoms. The molecule has 0 aromatic heterocycles. The van der Waals surface area contributed by atoms with Gasteiger partial charge in [0.25, 0.3) is 0 Å². The number of hydrogen-bond donors (Lipinski definition) is 1. The second kappa shape index (κ2) is 5.99. The highest BCUT2D eigenvalue weighted by Crippen LogP contribution is 2.23. The molecule has 0 aromatic rings. The minimum atomic E-state index is 0.321. The fourth-order valence-electron chi connectivity index (χ4n) is 3.16. The van der Waals surface area contributed by atoms with Crippen molar-refractivity contribution in [1.29, 1.82) is 0 Å². The molecule has 0 radical (unpaired) electrons. The molecule has 2 fully saturated rings. The predicted molar refractivity (Wildman–Crippen MR) is 68.5 cm³/mol. The van der Waals surface area contributed by atoms with Gasteiger partial charge in [-0.05, 0) is 19.8 Å². The van der Waals surface area contributed by atoms with Crippen LogP contribution in [0.4, 0.5) is 0 Å². The Hall–Kier alpha value is -0.120. The van der Waals surface area contributed by atoms with Gasteiger partial charge in [0.05, 0.1) is 0 Å². The zero-order chi connectivity index (χ0) is 11.4. The van der Waals surface area contributed by atoms with Crippen molar-refractivity contribution in [2.24, 2.45) is 5.73 Å². The SMILES string of the molecule is CC(N)CN1CCN(C2CCCCC2)CC1. The second-order valence-electron chi connectivity index (χ2n) is 5.61. The topological polar surface area (TPSA) is 32.5 Å². The smallest absolute Gasteiger partial charge is 0.0139 e. The average molecular weight is 225 g/mol. The van der Waals surface area contributed by atoms with Crippen molar-refractivity contribution in [1.82, 2.24) is 9.80 Å². The number of rotatable bonds is 3. The Labute approximate surface area is 100.0 Å². The van der Waals surface area contributed by atoms with Crippen LogP contribution in [0.2, 0.25) is 0 Å². The van der Waals surface area contributed by atoms with Crippen molar-refractivity contribution in [3.8, 4) is 0 Å². The maximum atomic E-state index is 5.85. The zero-order valence-corrected chi connectivity index (χ0v) is 10.7. The van der Waals surface area contributed by atoms with Crippen LogP contribution in [-0.2, 0) is 0 Å². The van der Waals surface area contributed by atoms with Gasteiger partial charge in [0.2, 0.25) is 0 Å². The van der Waals surface area contributed by atoms with E-state index in [1.54, 1.807) is 0 Å². The minimum Gasteiger partial charge on any atom is -0.327 e. The molecule has 1 heterocycles. The molecule has 1 atom stereocenters. The van der Waals surface area contributed by atoms with Crippen molar-refractivity contribution < 1.29 is 0 Å². The molecular formula is C13H27N3. The normalized spacial score (nSPS) is 28.1. The van der Waals surface area contributed by atoms with Crippen LogP contribution in [-0.4, -0.2) is 54.6 Å². The van der Waals surface area contributed by atoms with Crippen LogP contribution in [0.15, 0.2) is 0 Å².